The Morgan fingerprint density at radius 2 is 2.14 bits per heavy atom. The summed E-state index contributed by atoms with van der Waals surface area (Å²) in [7, 11) is 0. The number of nitrogens with zero attached hydrogens (tertiary/aromatic N) is 3. The van der Waals surface area contributed by atoms with Gasteiger partial charge in [-0.2, -0.15) is 0 Å². The fraction of sp³-hybridized carbons (Fsp3) is 0.412. The van der Waals surface area contributed by atoms with Crippen LogP contribution >= 0.6 is 15.9 Å². The third-order valence-corrected chi connectivity index (χ3v) is 4.85. The summed E-state index contributed by atoms with van der Waals surface area (Å²) in [4.78, 5) is 18.8. The maximum Gasteiger partial charge on any atom is 0.253 e. The van der Waals surface area contributed by atoms with E-state index in [4.69, 9.17) is 0 Å². The molecule has 0 unspecified atom stereocenters. The van der Waals surface area contributed by atoms with Gasteiger partial charge >= 0.3 is 0 Å². The van der Waals surface area contributed by atoms with Gasteiger partial charge in [0.05, 0.1) is 0 Å². The summed E-state index contributed by atoms with van der Waals surface area (Å²) in [6.45, 7) is 4.71. The quantitative estimate of drug-likeness (QED) is 0.838. The Morgan fingerprint density at radius 1 is 1.36 bits per heavy atom. The van der Waals surface area contributed by atoms with E-state index in [0.29, 0.717) is 5.92 Å². The molecule has 1 fully saturated rings. The van der Waals surface area contributed by atoms with Crippen LogP contribution in [0.5, 0.6) is 0 Å². The predicted octanol–water partition coefficient (Wildman–Crippen LogP) is 3.51. The van der Waals surface area contributed by atoms with E-state index in [1.54, 1.807) is 0 Å². The van der Waals surface area contributed by atoms with Crippen molar-refractivity contribution in [3.63, 3.8) is 0 Å². The summed E-state index contributed by atoms with van der Waals surface area (Å²) in [6.07, 6.45) is 5.99. The van der Waals surface area contributed by atoms with Crippen molar-refractivity contribution in [3.05, 3.63) is 52.5 Å². The highest BCUT2D eigenvalue weighted by Crippen LogP contribution is 2.22. The van der Waals surface area contributed by atoms with Crippen molar-refractivity contribution in [2.24, 2.45) is 5.92 Å². The van der Waals surface area contributed by atoms with Gasteiger partial charge in [0.2, 0.25) is 0 Å². The van der Waals surface area contributed by atoms with Crippen molar-refractivity contribution < 1.29 is 4.79 Å². The Hall–Kier alpha value is -1.62. The van der Waals surface area contributed by atoms with E-state index < -0.39 is 0 Å². The van der Waals surface area contributed by atoms with Crippen LogP contribution in [0, 0.1) is 12.8 Å². The highest BCUT2D eigenvalue weighted by atomic mass is 79.9. The first-order valence-electron chi connectivity index (χ1n) is 7.66. The van der Waals surface area contributed by atoms with Crippen LogP contribution < -0.4 is 0 Å². The summed E-state index contributed by atoms with van der Waals surface area (Å²) < 4.78 is 3.15. The maximum absolute atomic E-state index is 12.5. The van der Waals surface area contributed by atoms with E-state index in [1.165, 1.54) is 0 Å². The molecule has 0 N–H and O–H groups in total. The third kappa shape index (κ3) is 3.40. The van der Waals surface area contributed by atoms with Gasteiger partial charge in [-0.25, -0.2) is 4.98 Å². The number of carbonyl (C=O) groups excluding carboxylic acids is 1. The molecule has 0 aliphatic carbocycles. The van der Waals surface area contributed by atoms with Gasteiger partial charge < -0.3 is 9.47 Å². The molecule has 1 aromatic heterocycles. The smallest absolute Gasteiger partial charge is 0.253 e. The zero-order chi connectivity index (χ0) is 15.5. The van der Waals surface area contributed by atoms with Crippen LogP contribution in [0.15, 0.2) is 41.1 Å². The van der Waals surface area contributed by atoms with Crippen molar-refractivity contribution in [2.75, 3.05) is 13.1 Å². The van der Waals surface area contributed by atoms with Crippen molar-refractivity contribution in [1.29, 1.82) is 0 Å². The zero-order valence-electron chi connectivity index (χ0n) is 12.7. The number of piperidine rings is 1. The molecule has 116 valence electrons. The second-order valence-electron chi connectivity index (χ2n) is 5.87. The van der Waals surface area contributed by atoms with Gasteiger partial charge in [-0.3, -0.25) is 4.79 Å². The molecule has 22 heavy (non-hydrogen) atoms. The standard InChI is InChI=1S/C17H20BrN3O/c1-13-19-7-10-21(13)12-14-5-8-20(9-6-14)17(22)15-3-2-4-16(18)11-15/h2-4,7,10-11,14H,5-6,8-9,12H2,1H3. The summed E-state index contributed by atoms with van der Waals surface area (Å²) in [5, 5.41) is 0. The number of likely N-dealkylation sites (tertiary alicyclic amines) is 1. The summed E-state index contributed by atoms with van der Waals surface area (Å²) in [5.74, 6) is 1.82. The highest BCUT2D eigenvalue weighted by Gasteiger charge is 2.24. The topological polar surface area (TPSA) is 38.1 Å². The first-order valence-corrected chi connectivity index (χ1v) is 8.45. The van der Waals surface area contributed by atoms with Crippen LogP contribution in [-0.4, -0.2) is 33.4 Å². The molecule has 5 heteroatoms. The van der Waals surface area contributed by atoms with Gasteiger partial charge in [-0.15, -0.1) is 0 Å². The average molecular weight is 362 g/mol. The van der Waals surface area contributed by atoms with Crippen LogP contribution in [0.4, 0.5) is 0 Å². The molecule has 1 aliphatic rings. The van der Waals surface area contributed by atoms with Gasteiger partial charge in [0.25, 0.3) is 5.91 Å². The average Bonchev–Trinajstić information content (AvgIpc) is 2.92. The number of rotatable bonds is 3. The first kappa shape index (κ1) is 15.3. The van der Waals surface area contributed by atoms with Crippen LogP contribution in [0.2, 0.25) is 0 Å². The SMILES string of the molecule is Cc1nccn1CC1CCN(C(=O)c2cccc(Br)c2)CC1. The summed E-state index contributed by atoms with van der Waals surface area (Å²) >= 11 is 3.42. The Bertz CT molecular complexity index is 659. The normalized spacial score (nSPS) is 16.0. The zero-order valence-corrected chi connectivity index (χ0v) is 14.3. The Balaban J connectivity index is 1.57. The molecule has 1 saturated heterocycles. The molecule has 0 spiro atoms. The molecule has 0 saturated carbocycles. The van der Waals surface area contributed by atoms with E-state index in [-0.39, 0.29) is 5.91 Å². The number of imidazole rings is 1. The third-order valence-electron chi connectivity index (χ3n) is 4.35. The molecule has 2 heterocycles. The summed E-state index contributed by atoms with van der Waals surface area (Å²) in [5.41, 5.74) is 0.762. The van der Waals surface area contributed by atoms with Crippen molar-refractivity contribution in [1.82, 2.24) is 14.5 Å². The van der Waals surface area contributed by atoms with Crippen LogP contribution in [0.25, 0.3) is 0 Å². The lowest BCUT2D eigenvalue weighted by molar-refractivity contribution is 0.0682. The number of aryl methyl sites for hydroxylation is 1. The molecular formula is C17H20BrN3O. The van der Waals surface area contributed by atoms with E-state index in [2.05, 4.69) is 25.5 Å². The molecule has 0 atom stereocenters. The van der Waals surface area contributed by atoms with Gasteiger partial charge in [0.1, 0.15) is 5.82 Å². The number of carbonyl (C=O) groups is 1. The fourth-order valence-electron chi connectivity index (χ4n) is 3.00. The molecule has 1 amide bonds. The lowest BCUT2D eigenvalue weighted by atomic mass is 9.96. The van der Waals surface area contributed by atoms with Crippen LogP contribution in [0.1, 0.15) is 29.0 Å². The lowest BCUT2D eigenvalue weighted by Gasteiger charge is -2.32. The summed E-state index contributed by atoms with van der Waals surface area (Å²) in [6, 6.07) is 7.62. The first-order chi connectivity index (χ1) is 10.6. The monoisotopic (exact) mass is 361 g/mol. The van der Waals surface area contributed by atoms with Crippen molar-refractivity contribution >= 4 is 21.8 Å². The van der Waals surface area contributed by atoms with Crippen LogP contribution in [0.3, 0.4) is 0 Å². The van der Waals surface area contributed by atoms with Crippen molar-refractivity contribution in [3.8, 4) is 0 Å². The molecule has 4 nitrogen and oxygen atoms in total. The minimum Gasteiger partial charge on any atom is -0.339 e. The maximum atomic E-state index is 12.5. The number of halogens is 1. The number of aromatic nitrogens is 2. The molecule has 1 aromatic carbocycles. The molecular weight excluding hydrogens is 342 g/mol. The second kappa shape index (κ2) is 6.65. The molecule has 1 aliphatic heterocycles. The van der Waals surface area contributed by atoms with Crippen LogP contribution in [-0.2, 0) is 6.54 Å². The predicted molar refractivity (Wildman–Crippen MR) is 89.7 cm³/mol. The largest absolute Gasteiger partial charge is 0.339 e. The van der Waals surface area contributed by atoms with E-state index in [0.717, 1.165) is 48.3 Å². The Kier molecular flexibility index (Phi) is 4.62. The minimum atomic E-state index is 0.138. The molecule has 0 bridgehead atoms. The van der Waals surface area contributed by atoms with E-state index in [9.17, 15) is 4.79 Å². The fourth-order valence-corrected chi connectivity index (χ4v) is 3.40. The van der Waals surface area contributed by atoms with Gasteiger partial charge in [-0.1, -0.05) is 22.0 Å². The number of hydrogen-bond acceptors (Lipinski definition) is 2. The van der Waals surface area contributed by atoms with Gasteiger partial charge in [-0.05, 0) is 43.9 Å². The second-order valence-corrected chi connectivity index (χ2v) is 6.79. The van der Waals surface area contributed by atoms with E-state index >= 15 is 0 Å². The van der Waals surface area contributed by atoms with Crippen molar-refractivity contribution in [2.45, 2.75) is 26.3 Å². The van der Waals surface area contributed by atoms with Gasteiger partial charge in [0, 0.05) is 42.1 Å². The molecule has 3 rings (SSSR count). The van der Waals surface area contributed by atoms with Gasteiger partial charge in [0.15, 0.2) is 0 Å². The highest BCUT2D eigenvalue weighted by molar-refractivity contribution is 9.10. The number of benzene rings is 1. The molecule has 0 radical (unpaired) electrons. The lowest BCUT2D eigenvalue weighted by Crippen LogP contribution is -2.39. The minimum absolute atomic E-state index is 0.138. The van der Waals surface area contributed by atoms with E-state index in [1.807, 2.05) is 48.5 Å². The Labute approximate surface area is 139 Å². The Morgan fingerprint density at radius 3 is 2.77 bits per heavy atom. The number of amides is 1. The molecule has 2 aromatic rings. The number of hydrogen-bond donors (Lipinski definition) is 0.